The molecule has 0 radical (unpaired) electrons. The highest BCUT2D eigenvalue weighted by Crippen LogP contribution is 2.30. The number of allylic oxidation sites excluding steroid dienone is 3. The predicted octanol–water partition coefficient (Wildman–Crippen LogP) is 6.47. The van der Waals surface area contributed by atoms with Gasteiger partial charge in [0.1, 0.15) is 0 Å². The highest BCUT2D eigenvalue weighted by Gasteiger charge is 2.08. The van der Waals surface area contributed by atoms with Gasteiger partial charge in [0.2, 0.25) is 0 Å². The van der Waals surface area contributed by atoms with E-state index in [2.05, 4.69) is 61.1 Å². The topological polar surface area (TPSA) is 12.9 Å². The van der Waals surface area contributed by atoms with Crippen LogP contribution in [-0.2, 0) is 0 Å². The highest BCUT2D eigenvalue weighted by atomic mass is 14.7. The van der Waals surface area contributed by atoms with Gasteiger partial charge in [0, 0.05) is 17.5 Å². The van der Waals surface area contributed by atoms with Crippen molar-refractivity contribution in [2.75, 3.05) is 0 Å². The quantitative estimate of drug-likeness (QED) is 0.466. The first-order valence-electron chi connectivity index (χ1n) is 7.58. The Morgan fingerprint density at radius 1 is 1.00 bits per heavy atom. The second kappa shape index (κ2) is 11.3. The minimum atomic E-state index is 1.05. The molecule has 0 atom stereocenters. The number of pyridine rings is 1. The van der Waals surface area contributed by atoms with Gasteiger partial charge in [-0.3, -0.25) is 4.98 Å². The van der Waals surface area contributed by atoms with E-state index in [1.54, 1.807) is 0 Å². The minimum absolute atomic E-state index is 1.05. The van der Waals surface area contributed by atoms with E-state index in [0.29, 0.717) is 0 Å². The lowest BCUT2D eigenvalue weighted by molar-refractivity contribution is 1.20. The van der Waals surface area contributed by atoms with Gasteiger partial charge in [-0.2, -0.15) is 0 Å². The summed E-state index contributed by atoms with van der Waals surface area (Å²) in [6.07, 6.45) is 5.80. The van der Waals surface area contributed by atoms with E-state index in [4.69, 9.17) is 0 Å². The molecule has 0 saturated carbocycles. The molecule has 2 rings (SSSR count). The summed E-state index contributed by atoms with van der Waals surface area (Å²) in [4.78, 5) is 4.36. The predicted molar refractivity (Wildman–Crippen MR) is 101 cm³/mol. The smallest absolute Gasteiger partial charge is 0.0451 e. The molecule has 0 saturated heterocycles. The van der Waals surface area contributed by atoms with E-state index >= 15 is 0 Å². The molecule has 22 heavy (non-hydrogen) atoms. The lowest BCUT2D eigenvalue weighted by atomic mass is 9.94. The van der Waals surface area contributed by atoms with Crippen LogP contribution in [0.25, 0.3) is 16.7 Å². The van der Waals surface area contributed by atoms with E-state index in [1.165, 1.54) is 16.7 Å². The van der Waals surface area contributed by atoms with E-state index in [9.17, 15) is 0 Å². The lowest BCUT2D eigenvalue weighted by Crippen LogP contribution is -1.91. The molecule has 116 valence electrons. The lowest BCUT2D eigenvalue weighted by Gasteiger charge is -2.12. The first-order chi connectivity index (χ1) is 10.8. The maximum atomic E-state index is 4.36. The van der Waals surface area contributed by atoms with E-state index in [-0.39, 0.29) is 0 Å². The zero-order valence-corrected chi connectivity index (χ0v) is 14.3. The van der Waals surface area contributed by atoms with Gasteiger partial charge < -0.3 is 0 Å². The number of aromatic nitrogens is 1. The number of nitrogens with zero attached hydrogens (tertiary/aromatic N) is 1. The summed E-state index contributed by atoms with van der Waals surface area (Å²) in [5.41, 5.74) is 5.77. The minimum Gasteiger partial charge on any atom is -0.261 e. The highest BCUT2D eigenvalue weighted by molar-refractivity contribution is 5.85. The van der Waals surface area contributed by atoms with Gasteiger partial charge >= 0.3 is 0 Å². The fourth-order valence-corrected chi connectivity index (χ4v) is 2.12. The van der Waals surface area contributed by atoms with Crippen LogP contribution in [0.15, 0.2) is 74.5 Å². The standard InChI is InChI=1S/C17H17N.C2H6.C2H4/c1-4-14(5-2)16-9-6-7-10-17(16)15-11-8-12-18-13(15)3;2*1-2/h4-12H,1H2,2-3H3;1-2H3;1-2H2/b14-5+;;. The van der Waals surface area contributed by atoms with Crippen molar-refractivity contribution in [2.45, 2.75) is 27.7 Å². The van der Waals surface area contributed by atoms with Gasteiger partial charge in [-0.25, -0.2) is 0 Å². The Kier molecular flexibility index (Phi) is 10.0. The van der Waals surface area contributed by atoms with E-state index in [1.807, 2.05) is 46.0 Å². The average Bonchev–Trinajstić information content (AvgIpc) is 2.61. The van der Waals surface area contributed by atoms with Crippen molar-refractivity contribution in [1.82, 2.24) is 4.98 Å². The second-order valence-electron chi connectivity index (χ2n) is 4.13. The Labute approximate surface area is 135 Å². The molecule has 0 spiro atoms. The number of rotatable bonds is 3. The van der Waals surface area contributed by atoms with Crippen molar-refractivity contribution in [1.29, 1.82) is 0 Å². The van der Waals surface area contributed by atoms with Crippen molar-refractivity contribution >= 4 is 5.57 Å². The molecule has 0 aliphatic heterocycles. The molecule has 0 unspecified atom stereocenters. The molecule has 0 N–H and O–H groups in total. The van der Waals surface area contributed by atoms with Crippen molar-refractivity contribution in [2.24, 2.45) is 0 Å². The summed E-state index contributed by atoms with van der Waals surface area (Å²) in [6.45, 7) is 18.0. The molecule has 0 fully saturated rings. The van der Waals surface area contributed by atoms with Crippen LogP contribution in [0.5, 0.6) is 0 Å². The third-order valence-electron chi connectivity index (χ3n) is 3.07. The number of hydrogen-bond donors (Lipinski definition) is 0. The Morgan fingerprint density at radius 2 is 1.59 bits per heavy atom. The molecule has 1 nitrogen and oxygen atoms in total. The number of aryl methyl sites for hydroxylation is 1. The summed E-state index contributed by atoms with van der Waals surface area (Å²) >= 11 is 0. The van der Waals surface area contributed by atoms with Gasteiger partial charge in [0.05, 0.1) is 0 Å². The fourth-order valence-electron chi connectivity index (χ4n) is 2.12. The molecule has 1 aromatic heterocycles. The largest absolute Gasteiger partial charge is 0.261 e. The van der Waals surface area contributed by atoms with Gasteiger partial charge in [-0.05, 0) is 36.6 Å². The normalized spacial score (nSPS) is 9.73. The van der Waals surface area contributed by atoms with Gasteiger partial charge in [-0.15, -0.1) is 13.2 Å². The molecule has 0 aliphatic carbocycles. The maximum Gasteiger partial charge on any atom is 0.0451 e. The van der Waals surface area contributed by atoms with Crippen LogP contribution in [0.4, 0.5) is 0 Å². The second-order valence-corrected chi connectivity index (χ2v) is 4.13. The fraction of sp³-hybridized carbons (Fsp3) is 0.190. The molecule has 1 heteroatoms. The first kappa shape index (κ1) is 19.6. The summed E-state index contributed by atoms with van der Waals surface area (Å²) in [7, 11) is 0. The Hall–Kier alpha value is -2.41. The van der Waals surface area contributed by atoms with E-state index < -0.39 is 0 Å². The Balaban J connectivity index is 0.00000102. The number of hydrogen-bond acceptors (Lipinski definition) is 1. The summed E-state index contributed by atoms with van der Waals surface area (Å²) in [6, 6.07) is 12.4. The van der Waals surface area contributed by atoms with Crippen molar-refractivity contribution in [3.05, 3.63) is 85.7 Å². The SMILES string of the molecule is C=C.C=C/C(=C\C)c1ccccc1-c1cccnc1C.CC. The summed E-state index contributed by atoms with van der Waals surface area (Å²) in [5.74, 6) is 0. The zero-order chi connectivity index (χ0) is 17.0. The molecule has 1 aromatic carbocycles. The number of benzene rings is 1. The average molecular weight is 293 g/mol. The van der Waals surface area contributed by atoms with Crippen molar-refractivity contribution < 1.29 is 0 Å². The summed E-state index contributed by atoms with van der Waals surface area (Å²) < 4.78 is 0. The van der Waals surface area contributed by atoms with Crippen LogP contribution >= 0.6 is 0 Å². The van der Waals surface area contributed by atoms with Crippen LogP contribution in [0.1, 0.15) is 32.0 Å². The first-order valence-corrected chi connectivity index (χ1v) is 7.58. The molecule has 1 heterocycles. The van der Waals surface area contributed by atoms with Crippen molar-refractivity contribution in [3.8, 4) is 11.1 Å². The molecule has 0 aliphatic rings. The maximum absolute atomic E-state index is 4.36. The Bertz CT molecular complexity index is 609. The van der Waals surface area contributed by atoms with E-state index in [0.717, 1.165) is 11.3 Å². The monoisotopic (exact) mass is 293 g/mol. The molecular weight excluding hydrogens is 266 g/mol. The van der Waals surface area contributed by atoms with Crippen LogP contribution in [0, 0.1) is 6.92 Å². The third-order valence-corrected chi connectivity index (χ3v) is 3.07. The third kappa shape index (κ3) is 4.85. The van der Waals surface area contributed by atoms with Crippen LogP contribution < -0.4 is 0 Å². The van der Waals surface area contributed by atoms with Gasteiger partial charge in [-0.1, -0.05) is 62.9 Å². The molecular formula is C21H27N. The van der Waals surface area contributed by atoms with Crippen molar-refractivity contribution in [3.63, 3.8) is 0 Å². The van der Waals surface area contributed by atoms with Crippen LogP contribution in [-0.4, -0.2) is 4.98 Å². The molecule has 2 aromatic rings. The zero-order valence-electron chi connectivity index (χ0n) is 14.3. The van der Waals surface area contributed by atoms with Crippen LogP contribution in [0.3, 0.4) is 0 Å². The van der Waals surface area contributed by atoms with Gasteiger partial charge in [0.15, 0.2) is 0 Å². The molecule has 0 amide bonds. The summed E-state index contributed by atoms with van der Waals surface area (Å²) in [5, 5.41) is 0. The Morgan fingerprint density at radius 3 is 2.14 bits per heavy atom. The van der Waals surface area contributed by atoms with Crippen LogP contribution in [0.2, 0.25) is 0 Å². The van der Waals surface area contributed by atoms with Gasteiger partial charge in [0.25, 0.3) is 0 Å². The molecule has 0 bridgehead atoms.